The van der Waals surface area contributed by atoms with Crippen LogP contribution in [0.2, 0.25) is 5.02 Å². The number of azo groups is 1. The third-order valence-corrected chi connectivity index (χ3v) is 4.15. The van der Waals surface area contributed by atoms with Crippen molar-refractivity contribution in [2.45, 2.75) is 0 Å². The summed E-state index contributed by atoms with van der Waals surface area (Å²) in [5.41, 5.74) is 4.10. The van der Waals surface area contributed by atoms with Crippen LogP contribution in [0, 0.1) is 0 Å². The quantitative estimate of drug-likeness (QED) is 0.431. The highest BCUT2D eigenvalue weighted by atomic mass is 35.5. The first-order valence-electron chi connectivity index (χ1n) is 8.49. The third kappa shape index (κ3) is 5.18. The number of carbonyl (C=O) groups excluding carboxylic acids is 2. The lowest BCUT2D eigenvalue weighted by Gasteiger charge is -2.09. The second-order valence-electron chi connectivity index (χ2n) is 5.72. The molecule has 29 heavy (non-hydrogen) atoms. The Morgan fingerprint density at radius 1 is 0.897 bits per heavy atom. The molecule has 3 aromatic rings. The van der Waals surface area contributed by atoms with Crippen molar-refractivity contribution in [3.05, 3.63) is 88.9 Å². The number of nitrogens with one attached hydrogen (secondary N) is 1. The average Bonchev–Trinajstić information content (AvgIpc) is 2.76. The number of hydrogen-bond acceptors (Lipinski definition) is 6. The molecule has 3 rings (SSSR count). The van der Waals surface area contributed by atoms with E-state index in [0.717, 1.165) is 0 Å². The molecule has 0 saturated heterocycles. The molecule has 146 valence electrons. The van der Waals surface area contributed by atoms with E-state index in [-0.39, 0.29) is 5.56 Å². The van der Waals surface area contributed by atoms with Gasteiger partial charge in [-0.25, -0.2) is 10.3 Å². The Kier molecular flexibility index (Phi) is 6.55. The van der Waals surface area contributed by atoms with Crippen molar-refractivity contribution in [1.82, 2.24) is 0 Å². The maximum atomic E-state index is 12.2. The van der Waals surface area contributed by atoms with E-state index in [4.69, 9.17) is 21.2 Å². The smallest absolute Gasteiger partial charge is 0.366 e. The number of methoxy groups -OCH3 is 1. The fourth-order valence-corrected chi connectivity index (χ4v) is 2.58. The minimum absolute atomic E-state index is 0.277. The topological polar surface area (TPSA) is 89.3 Å². The molecule has 0 aliphatic rings. The lowest BCUT2D eigenvalue weighted by atomic mass is 10.2. The molecule has 0 atom stereocenters. The van der Waals surface area contributed by atoms with Crippen molar-refractivity contribution in [2.24, 2.45) is 10.2 Å². The Labute approximate surface area is 171 Å². The van der Waals surface area contributed by atoms with Crippen LogP contribution < -0.4 is 10.2 Å². The van der Waals surface area contributed by atoms with Gasteiger partial charge in [-0.05, 0) is 48.5 Å². The van der Waals surface area contributed by atoms with E-state index in [0.29, 0.717) is 27.7 Å². The van der Waals surface area contributed by atoms with E-state index >= 15 is 0 Å². The van der Waals surface area contributed by atoms with Crippen LogP contribution in [0.1, 0.15) is 20.7 Å². The fraction of sp³-hybridized carbons (Fsp3) is 0.0476. The van der Waals surface area contributed by atoms with Gasteiger partial charge < -0.3 is 9.57 Å². The van der Waals surface area contributed by atoms with Crippen LogP contribution in [0.25, 0.3) is 0 Å². The van der Waals surface area contributed by atoms with Gasteiger partial charge >= 0.3 is 5.97 Å². The molecule has 0 aliphatic carbocycles. The Morgan fingerprint density at radius 2 is 1.55 bits per heavy atom. The van der Waals surface area contributed by atoms with E-state index in [1.165, 1.54) is 7.11 Å². The van der Waals surface area contributed by atoms with E-state index in [1.807, 2.05) is 0 Å². The normalized spacial score (nSPS) is 10.6. The number of hydrogen-bond donors (Lipinski definition) is 1. The largest absolute Gasteiger partial charge is 0.496 e. The first kappa shape index (κ1) is 20.0. The molecule has 7 nitrogen and oxygen atoms in total. The molecule has 0 unspecified atom stereocenters. The second-order valence-corrected chi connectivity index (χ2v) is 6.13. The van der Waals surface area contributed by atoms with Gasteiger partial charge in [-0.2, -0.15) is 0 Å². The molecular formula is C21H16ClN3O4. The van der Waals surface area contributed by atoms with Gasteiger partial charge in [-0.3, -0.25) is 4.79 Å². The van der Waals surface area contributed by atoms with Gasteiger partial charge in [0.2, 0.25) is 0 Å². The predicted octanol–water partition coefficient (Wildman–Crippen LogP) is 5.46. The van der Waals surface area contributed by atoms with Crippen LogP contribution in [-0.4, -0.2) is 19.0 Å². The molecule has 8 heteroatoms. The number of halogens is 1. The van der Waals surface area contributed by atoms with Crippen LogP contribution in [0.5, 0.6) is 5.75 Å². The number of para-hydroxylation sites is 1. The molecule has 0 bridgehead atoms. The summed E-state index contributed by atoms with van der Waals surface area (Å²) in [7, 11) is 1.48. The monoisotopic (exact) mass is 409 g/mol. The number of anilines is 1. The maximum absolute atomic E-state index is 12.2. The molecule has 0 heterocycles. The number of rotatable bonds is 6. The summed E-state index contributed by atoms with van der Waals surface area (Å²) in [6, 6.07) is 19.8. The van der Waals surface area contributed by atoms with Crippen molar-refractivity contribution >= 4 is 34.9 Å². The first-order chi connectivity index (χ1) is 14.1. The van der Waals surface area contributed by atoms with Gasteiger partial charge in [-0.1, -0.05) is 35.9 Å². The van der Waals surface area contributed by atoms with Crippen LogP contribution in [0.3, 0.4) is 0 Å². The van der Waals surface area contributed by atoms with Crippen molar-refractivity contribution < 1.29 is 19.2 Å². The lowest BCUT2D eigenvalue weighted by molar-refractivity contribution is 0.0592. The SMILES string of the molecule is COc1ccccc1C(=O)ONc1ccc(N=NC(=O)c2ccccc2Cl)cc1. The van der Waals surface area contributed by atoms with Gasteiger partial charge in [0.1, 0.15) is 11.3 Å². The van der Waals surface area contributed by atoms with Crippen molar-refractivity contribution in [3.63, 3.8) is 0 Å². The average molecular weight is 410 g/mol. The maximum Gasteiger partial charge on any atom is 0.366 e. The summed E-state index contributed by atoms with van der Waals surface area (Å²) in [6.07, 6.45) is 0. The molecular weight excluding hydrogens is 394 g/mol. The molecule has 0 spiro atoms. The standard InChI is InChI=1S/C21H16ClN3O4/c1-28-19-9-5-3-7-17(19)21(27)29-25-15-12-10-14(11-13-15)23-24-20(26)16-6-2-4-8-18(16)22/h2-13,25H,1H3. The highest BCUT2D eigenvalue weighted by molar-refractivity contribution is 6.33. The summed E-state index contributed by atoms with van der Waals surface area (Å²) >= 11 is 5.97. The zero-order valence-electron chi connectivity index (χ0n) is 15.3. The summed E-state index contributed by atoms with van der Waals surface area (Å²) in [6.45, 7) is 0. The van der Waals surface area contributed by atoms with Crippen LogP contribution in [0.15, 0.2) is 83.0 Å². The Morgan fingerprint density at radius 3 is 2.24 bits per heavy atom. The second kappa shape index (κ2) is 9.48. The minimum atomic E-state index is -0.587. The molecule has 1 amide bonds. The van der Waals surface area contributed by atoms with Gasteiger partial charge in [0.15, 0.2) is 0 Å². The van der Waals surface area contributed by atoms with Crippen LogP contribution in [-0.2, 0) is 4.84 Å². The Bertz CT molecular complexity index is 1050. The molecule has 3 aromatic carbocycles. The Hall–Kier alpha value is -3.71. The molecule has 0 aliphatic heterocycles. The number of ether oxygens (including phenoxy) is 1. The zero-order chi connectivity index (χ0) is 20.6. The zero-order valence-corrected chi connectivity index (χ0v) is 16.1. The van der Waals surface area contributed by atoms with E-state index < -0.39 is 11.9 Å². The molecule has 0 saturated carbocycles. The summed E-state index contributed by atoms with van der Waals surface area (Å²) in [4.78, 5) is 29.3. The molecule has 1 N–H and O–H groups in total. The van der Waals surface area contributed by atoms with E-state index in [2.05, 4.69) is 15.7 Å². The van der Waals surface area contributed by atoms with Crippen molar-refractivity contribution in [2.75, 3.05) is 12.6 Å². The van der Waals surface area contributed by atoms with Gasteiger partial charge in [0, 0.05) is 0 Å². The third-order valence-electron chi connectivity index (χ3n) is 3.82. The van der Waals surface area contributed by atoms with Crippen molar-refractivity contribution in [3.8, 4) is 5.75 Å². The first-order valence-corrected chi connectivity index (χ1v) is 8.87. The van der Waals surface area contributed by atoms with Crippen molar-refractivity contribution in [1.29, 1.82) is 0 Å². The van der Waals surface area contributed by atoms with Gasteiger partial charge in [-0.15, -0.1) is 10.2 Å². The summed E-state index contributed by atoms with van der Waals surface area (Å²) in [5.74, 6) is -0.710. The van der Waals surface area contributed by atoms with Gasteiger partial charge in [0.25, 0.3) is 5.91 Å². The van der Waals surface area contributed by atoms with E-state index in [9.17, 15) is 9.59 Å². The number of carbonyl (C=O) groups is 2. The molecule has 0 radical (unpaired) electrons. The predicted molar refractivity (Wildman–Crippen MR) is 109 cm³/mol. The van der Waals surface area contributed by atoms with Crippen LogP contribution in [0.4, 0.5) is 11.4 Å². The number of amides is 1. The molecule has 0 fully saturated rings. The minimum Gasteiger partial charge on any atom is -0.496 e. The number of benzene rings is 3. The fourth-order valence-electron chi connectivity index (χ4n) is 2.36. The highest BCUT2D eigenvalue weighted by Gasteiger charge is 2.13. The lowest BCUT2D eigenvalue weighted by Crippen LogP contribution is -2.11. The summed E-state index contributed by atoms with van der Waals surface area (Å²) in [5, 5.41) is 7.88. The van der Waals surface area contributed by atoms with Gasteiger partial charge in [0.05, 0.1) is 29.1 Å². The highest BCUT2D eigenvalue weighted by Crippen LogP contribution is 2.21. The molecule has 0 aromatic heterocycles. The van der Waals surface area contributed by atoms with Crippen LogP contribution >= 0.6 is 11.6 Å². The summed E-state index contributed by atoms with van der Waals surface area (Å²) < 4.78 is 5.13. The Balaban J connectivity index is 1.59. The number of nitrogens with zero attached hydrogens (tertiary/aromatic N) is 2. The van der Waals surface area contributed by atoms with E-state index in [1.54, 1.807) is 72.8 Å².